The van der Waals surface area contributed by atoms with Crippen molar-refractivity contribution in [3.63, 3.8) is 0 Å². The van der Waals surface area contributed by atoms with E-state index in [1.54, 1.807) is 0 Å². The molecular formula is C40H46F3N7O4. The molecule has 1 aliphatic carbocycles. The Morgan fingerprint density at radius 2 is 1.72 bits per heavy atom. The van der Waals surface area contributed by atoms with Crippen molar-refractivity contribution in [2.45, 2.75) is 82.2 Å². The number of aliphatic hydroxyl groups excluding tert-OH is 1. The Balaban J connectivity index is 1.06. The average molecular weight is 746 g/mol. The number of carbonyl (C=O) groups is 3. The highest BCUT2D eigenvalue weighted by Gasteiger charge is 2.32. The minimum Gasteiger partial charge on any atom is -0.396 e. The van der Waals surface area contributed by atoms with E-state index in [0.717, 1.165) is 86.2 Å². The van der Waals surface area contributed by atoms with Crippen LogP contribution in [-0.2, 0) is 22.3 Å². The number of rotatable bonds is 10. The fourth-order valence-electron chi connectivity index (χ4n) is 8.11. The molecular weight excluding hydrogens is 699 g/mol. The van der Waals surface area contributed by atoms with Crippen LogP contribution in [-0.4, -0.2) is 76.1 Å². The van der Waals surface area contributed by atoms with E-state index in [1.165, 1.54) is 12.1 Å². The van der Waals surface area contributed by atoms with E-state index in [9.17, 15) is 32.7 Å². The molecule has 11 nitrogen and oxygen atoms in total. The molecule has 3 heterocycles. The van der Waals surface area contributed by atoms with Gasteiger partial charge in [0, 0.05) is 61.7 Å². The van der Waals surface area contributed by atoms with Gasteiger partial charge in [0.25, 0.3) is 5.91 Å². The monoisotopic (exact) mass is 745 g/mol. The van der Waals surface area contributed by atoms with E-state index in [-0.39, 0.29) is 35.9 Å². The second kappa shape index (κ2) is 15.8. The maximum absolute atomic E-state index is 13.4. The van der Waals surface area contributed by atoms with Gasteiger partial charge >= 0.3 is 6.18 Å². The normalized spacial score (nSPS) is 21.4. The first-order valence-electron chi connectivity index (χ1n) is 18.7. The quantitative estimate of drug-likeness (QED) is 0.138. The van der Waals surface area contributed by atoms with Gasteiger partial charge in [-0.15, -0.1) is 0 Å². The predicted molar refractivity (Wildman–Crippen MR) is 200 cm³/mol. The first kappa shape index (κ1) is 37.4. The number of hydrogen-bond acceptors (Lipinski definition) is 8. The third-order valence-electron chi connectivity index (χ3n) is 11.2. The molecule has 0 spiro atoms. The van der Waals surface area contributed by atoms with Crippen LogP contribution in [0.2, 0.25) is 0 Å². The molecule has 7 rings (SSSR count). The smallest absolute Gasteiger partial charge is 0.396 e. The lowest BCUT2D eigenvalue weighted by molar-refractivity contribution is -0.137. The Kier molecular flexibility index (Phi) is 10.9. The Hall–Kier alpha value is -4.95. The molecule has 3 fully saturated rings. The van der Waals surface area contributed by atoms with Crippen LogP contribution in [0.15, 0.2) is 66.7 Å². The van der Waals surface area contributed by atoms with Gasteiger partial charge in [-0.3, -0.25) is 29.9 Å². The van der Waals surface area contributed by atoms with Crippen molar-refractivity contribution in [1.82, 2.24) is 19.8 Å². The first-order chi connectivity index (χ1) is 26.0. The van der Waals surface area contributed by atoms with Crippen molar-refractivity contribution in [3.05, 3.63) is 83.4 Å². The molecule has 1 saturated carbocycles. The van der Waals surface area contributed by atoms with Gasteiger partial charge in [0.05, 0.1) is 16.6 Å². The fourth-order valence-corrected chi connectivity index (χ4v) is 8.11. The lowest BCUT2D eigenvalue weighted by Gasteiger charge is -2.38. The molecule has 3 aromatic carbocycles. The number of imidazole rings is 1. The molecule has 2 saturated heterocycles. The zero-order valence-electron chi connectivity index (χ0n) is 30.2. The van der Waals surface area contributed by atoms with E-state index in [2.05, 4.69) is 44.9 Å². The summed E-state index contributed by atoms with van der Waals surface area (Å²) in [4.78, 5) is 46.8. The number of benzene rings is 3. The van der Waals surface area contributed by atoms with Crippen LogP contribution < -0.4 is 20.9 Å². The van der Waals surface area contributed by atoms with Crippen LogP contribution in [0, 0.1) is 5.92 Å². The number of amides is 3. The average Bonchev–Trinajstić information content (AvgIpc) is 3.53. The number of hydrogen-bond donors (Lipinski definition) is 4. The van der Waals surface area contributed by atoms with Gasteiger partial charge in [-0.05, 0) is 106 Å². The molecule has 54 heavy (non-hydrogen) atoms. The SMILES string of the molecule is CN(Cc1ccccc1NC1CCC(=O)NC1=O)C1CCN(c2ccc3nc(NC(=O)c4cccc(C(F)(F)F)c4)n(C4CCC(CO)CC4)c3c2)CC1. The molecule has 286 valence electrons. The van der Waals surface area contributed by atoms with Gasteiger partial charge in [-0.25, -0.2) is 4.98 Å². The number of nitrogens with zero attached hydrogens (tertiary/aromatic N) is 4. The number of halogens is 3. The number of alkyl halides is 3. The van der Waals surface area contributed by atoms with E-state index < -0.39 is 23.7 Å². The van der Waals surface area contributed by atoms with Crippen LogP contribution in [0.1, 0.15) is 78.9 Å². The summed E-state index contributed by atoms with van der Waals surface area (Å²) in [6.07, 6.45) is 1.25. The van der Waals surface area contributed by atoms with Crippen LogP contribution in [0.4, 0.5) is 30.5 Å². The molecule has 1 unspecified atom stereocenters. The Morgan fingerprint density at radius 1 is 0.963 bits per heavy atom. The lowest BCUT2D eigenvalue weighted by Crippen LogP contribution is -2.47. The third kappa shape index (κ3) is 8.24. The number of carbonyl (C=O) groups excluding carboxylic acids is 3. The molecule has 0 radical (unpaired) electrons. The van der Waals surface area contributed by atoms with E-state index in [1.807, 2.05) is 34.9 Å². The molecule has 4 aromatic rings. The summed E-state index contributed by atoms with van der Waals surface area (Å²) in [6, 6.07) is 18.3. The second-order valence-electron chi connectivity index (χ2n) is 14.8. The van der Waals surface area contributed by atoms with Crippen LogP contribution in [0.5, 0.6) is 0 Å². The number of para-hydroxylation sites is 1. The summed E-state index contributed by atoms with van der Waals surface area (Å²) in [5.41, 5.74) is 3.53. The molecule has 14 heteroatoms. The molecule has 1 atom stereocenters. The molecule has 0 bridgehead atoms. The molecule has 2 aliphatic heterocycles. The maximum atomic E-state index is 13.4. The summed E-state index contributed by atoms with van der Waals surface area (Å²) in [7, 11) is 2.12. The summed E-state index contributed by atoms with van der Waals surface area (Å²) in [5.74, 6) is -0.695. The zero-order chi connectivity index (χ0) is 38.0. The highest BCUT2D eigenvalue weighted by molar-refractivity contribution is 6.04. The summed E-state index contributed by atoms with van der Waals surface area (Å²) >= 11 is 0. The van der Waals surface area contributed by atoms with Gasteiger partial charge in [0.1, 0.15) is 6.04 Å². The third-order valence-corrected chi connectivity index (χ3v) is 11.2. The minimum absolute atomic E-state index is 0.00315. The highest BCUT2D eigenvalue weighted by atomic mass is 19.4. The lowest BCUT2D eigenvalue weighted by atomic mass is 9.86. The van der Waals surface area contributed by atoms with E-state index in [0.29, 0.717) is 36.9 Å². The van der Waals surface area contributed by atoms with Crippen molar-refractivity contribution in [2.75, 3.05) is 42.3 Å². The van der Waals surface area contributed by atoms with Gasteiger partial charge in [0.2, 0.25) is 17.8 Å². The fraction of sp³-hybridized carbons (Fsp3) is 0.450. The van der Waals surface area contributed by atoms with Gasteiger partial charge in [-0.2, -0.15) is 13.2 Å². The number of imide groups is 1. The Labute approximate surface area is 311 Å². The van der Waals surface area contributed by atoms with E-state index >= 15 is 0 Å². The van der Waals surface area contributed by atoms with Gasteiger partial charge < -0.3 is 19.9 Å². The summed E-state index contributed by atoms with van der Waals surface area (Å²) in [6.45, 7) is 2.47. The van der Waals surface area contributed by atoms with Crippen molar-refractivity contribution in [2.24, 2.45) is 5.92 Å². The zero-order valence-corrected chi connectivity index (χ0v) is 30.2. The molecule has 3 aliphatic rings. The van der Waals surface area contributed by atoms with Crippen molar-refractivity contribution in [3.8, 4) is 0 Å². The molecule has 1 aromatic heterocycles. The summed E-state index contributed by atoms with van der Waals surface area (Å²) in [5, 5.41) is 18.4. The van der Waals surface area contributed by atoms with Gasteiger partial charge in [0.15, 0.2) is 0 Å². The molecule has 3 amide bonds. The minimum atomic E-state index is -4.57. The van der Waals surface area contributed by atoms with Gasteiger partial charge in [-0.1, -0.05) is 24.3 Å². The highest BCUT2D eigenvalue weighted by Crippen LogP contribution is 2.38. The van der Waals surface area contributed by atoms with Crippen LogP contribution >= 0.6 is 0 Å². The van der Waals surface area contributed by atoms with Crippen LogP contribution in [0.25, 0.3) is 11.0 Å². The van der Waals surface area contributed by atoms with Crippen molar-refractivity contribution < 1.29 is 32.7 Å². The predicted octanol–water partition coefficient (Wildman–Crippen LogP) is 6.35. The van der Waals surface area contributed by atoms with Crippen molar-refractivity contribution >= 4 is 46.1 Å². The largest absolute Gasteiger partial charge is 0.416 e. The second-order valence-corrected chi connectivity index (χ2v) is 14.8. The van der Waals surface area contributed by atoms with Crippen molar-refractivity contribution in [1.29, 1.82) is 0 Å². The standard InChI is InChI=1S/C40H46F3N7O4/c1-48(23-27-5-2-3-8-32(27)44-34-15-16-36(52)46-38(34)54)29-17-19-49(20-18-29)31-13-14-33-35(22-31)50(30-11-9-25(24-51)10-12-30)39(45-33)47-37(53)26-6-4-7-28(21-26)40(41,42)43/h2-8,13-14,21-22,25,29-30,34,44,51H,9-12,15-20,23-24H2,1H3,(H,45,47,53)(H,46,52,54). The number of aliphatic hydroxyl groups is 1. The first-order valence-corrected chi connectivity index (χ1v) is 18.7. The number of anilines is 3. The number of fused-ring (bicyclic) bond motifs is 1. The maximum Gasteiger partial charge on any atom is 0.416 e. The van der Waals surface area contributed by atoms with E-state index in [4.69, 9.17) is 4.98 Å². The number of aromatic nitrogens is 2. The number of nitrogens with one attached hydrogen (secondary N) is 3. The molecule has 4 N–H and O–H groups in total. The Bertz CT molecular complexity index is 2000. The number of piperidine rings is 2. The summed E-state index contributed by atoms with van der Waals surface area (Å²) < 4.78 is 42.3. The Morgan fingerprint density at radius 3 is 2.44 bits per heavy atom. The van der Waals surface area contributed by atoms with Crippen LogP contribution in [0.3, 0.4) is 0 Å². The topological polar surface area (TPSA) is 132 Å².